The maximum Gasteiger partial charge on any atom is 0.270 e. The first kappa shape index (κ1) is 15.6. The van der Waals surface area contributed by atoms with Crippen molar-refractivity contribution in [1.29, 1.82) is 0 Å². The summed E-state index contributed by atoms with van der Waals surface area (Å²) in [6.45, 7) is 1.36. The number of nitrogens with one attached hydrogen (secondary N) is 1. The molecule has 0 bridgehead atoms. The number of carbonyl (C=O) groups is 1. The highest BCUT2D eigenvalue weighted by molar-refractivity contribution is 6.08. The normalized spacial score (nSPS) is 13.0. The molecule has 1 aliphatic heterocycles. The Morgan fingerprint density at radius 3 is 2.88 bits per heavy atom. The van der Waals surface area contributed by atoms with Gasteiger partial charge in [0.2, 0.25) is 0 Å². The molecule has 1 amide bonds. The fourth-order valence-electron chi connectivity index (χ4n) is 2.48. The lowest BCUT2D eigenvalue weighted by atomic mass is 10.1. The third-order valence-corrected chi connectivity index (χ3v) is 3.80. The van der Waals surface area contributed by atoms with Crippen LogP contribution in [0.4, 0.5) is 22.7 Å². The second-order valence-corrected chi connectivity index (χ2v) is 5.44. The van der Waals surface area contributed by atoms with Gasteiger partial charge in [0.1, 0.15) is 12.4 Å². The SMILES string of the molecule is CN1CCOc2ccc(NC(=O)c3cc([N+](=O)[O-])ccc3N)cc21. The van der Waals surface area contributed by atoms with E-state index in [1.54, 1.807) is 18.2 Å². The van der Waals surface area contributed by atoms with Gasteiger partial charge in [-0.05, 0) is 24.3 Å². The Labute approximate surface area is 138 Å². The molecule has 8 heteroatoms. The summed E-state index contributed by atoms with van der Waals surface area (Å²) < 4.78 is 5.55. The first-order valence-corrected chi connectivity index (χ1v) is 7.29. The molecule has 124 valence electrons. The van der Waals surface area contributed by atoms with Gasteiger partial charge >= 0.3 is 0 Å². The van der Waals surface area contributed by atoms with E-state index in [9.17, 15) is 14.9 Å². The summed E-state index contributed by atoms with van der Waals surface area (Å²) in [5.41, 5.74) is 7.24. The van der Waals surface area contributed by atoms with Gasteiger partial charge < -0.3 is 20.7 Å². The van der Waals surface area contributed by atoms with E-state index in [1.807, 2.05) is 11.9 Å². The molecule has 1 aliphatic rings. The molecule has 0 radical (unpaired) electrons. The maximum atomic E-state index is 12.4. The molecule has 0 unspecified atom stereocenters. The maximum absolute atomic E-state index is 12.4. The van der Waals surface area contributed by atoms with Crippen LogP contribution in [0.25, 0.3) is 0 Å². The van der Waals surface area contributed by atoms with Crippen LogP contribution in [0.1, 0.15) is 10.4 Å². The summed E-state index contributed by atoms with van der Waals surface area (Å²) in [6.07, 6.45) is 0. The Morgan fingerprint density at radius 2 is 2.12 bits per heavy atom. The number of hydrogen-bond acceptors (Lipinski definition) is 6. The molecule has 2 aromatic rings. The number of nitrogens with two attached hydrogens (primary N) is 1. The molecule has 0 saturated carbocycles. The van der Waals surface area contributed by atoms with Crippen LogP contribution in [-0.2, 0) is 0 Å². The van der Waals surface area contributed by atoms with Crippen LogP contribution in [-0.4, -0.2) is 31.0 Å². The molecule has 2 aromatic carbocycles. The Kier molecular flexibility index (Phi) is 3.95. The van der Waals surface area contributed by atoms with Crippen LogP contribution < -0.4 is 20.7 Å². The van der Waals surface area contributed by atoms with E-state index in [0.29, 0.717) is 12.3 Å². The van der Waals surface area contributed by atoms with Crippen LogP contribution in [0.2, 0.25) is 0 Å². The summed E-state index contributed by atoms with van der Waals surface area (Å²) in [4.78, 5) is 24.7. The number of amides is 1. The third-order valence-electron chi connectivity index (χ3n) is 3.80. The molecule has 24 heavy (non-hydrogen) atoms. The topological polar surface area (TPSA) is 111 Å². The summed E-state index contributed by atoms with van der Waals surface area (Å²) in [6, 6.07) is 9.05. The van der Waals surface area contributed by atoms with Gasteiger partial charge in [0.15, 0.2) is 0 Å². The smallest absolute Gasteiger partial charge is 0.270 e. The van der Waals surface area contributed by atoms with Gasteiger partial charge in [-0.15, -0.1) is 0 Å². The first-order valence-electron chi connectivity index (χ1n) is 7.29. The standard InChI is InChI=1S/C16H16N4O4/c1-19-6-7-24-15-5-2-10(8-14(15)19)18-16(21)12-9-11(20(22)23)3-4-13(12)17/h2-5,8-9H,6-7,17H2,1H3,(H,18,21). The van der Waals surface area contributed by atoms with Crippen molar-refractivity contribution in [3.05, 3.63) is 52.1 Å². The number of benzene rings is 2. The van der Waals surface area contributed by atoms with Crippen molar-refractivity contribution in [1.82, 2.24) is 0 Å². The van der Waals surface area contributed by atoms with E-state index in [1.165, 1.54) is 12.1 Å². The number of nitro groups is 1. The molecule has 0 spiro atoms. The second kappa shape index (κ2) is 6.07. The first-order chi connectivity index (χ1) is 11.5. The monoisotopic (exact) mass is 328 g/mol. The van der Waals surface area contributed by atoms with E-state index < -0.39 is 10.8 Å². The quantitative estimate of drug-likeness (QED) is 0.508. The molecule has 1 heterocycles. The number of hydrogen-bond donors (Lipinski definition) is 2. The van der Waals surface area contributed by atoms with Gasteiger partial charge in [-0.1, -0.05) is 0 Å². The third kappa shape index (κ3) is 2.94. The van der Waals surface area contributed by atoms with Gasteiger partial charge in [0.05, 0.1) is 22.7 Å². The van der Waals surface area contributed by atoms with Crippen molar-refractivity contribution in [2.45, 2.75) is 0 Å². The highest BCUT2D eigenvalue weighted by Gasteiger charge is 2.18. The van der Waals surface area contributed by atoms with E-state index >= 15 is 0 Å². The van der Waals surface area contributed by atoms with Crippen LogP contribution >= 0.6 is 0 Å². The van der Waals surface area contributed by atoms with Gasteiger partial charge in [-0.3, -0.25) is 14.9 Å². The summed E-state index contributed by atoms with van der Waals surface area (Å²) >= 11 is 0. The molecule has 3 N–H and O–H groups in total. The predicted octanol–water partition coefficient (Wildman–Crippen LogP) is 2.26. The number of nitrogens with zero attached hydrogens (tertiary/aromatic N) is 2. The number of anilines is 3. The van der Waals surface area contributed by atoms with Crippen molar-refractivity contribution in [2.24, 2.45) is 0 Å². The number of nitro benzene ring substituents is 1. The summed E-state index contributed by atoms with van der Waals surface area (Å²) in [5, 5.41) is 13.6. The largest absolute Gasteiger partial charge is 0.490 e. The van der Waals surface area contributed by atoms with Crippen LogP contribution in [0.3, 0.4) is 0 Å². The number of nitrogen functional groups attached to an aromatic ring is 1. The zero-order chi connectivity index (χ0) is 17.3. The van der Waals surface area contributed by atoms with Gasteiger partial charge in [0.25, 0.3) is 11.6 Å². The fraction of sp³-hybridized carbons (Fsp3) is 0.188. The number of likely N-dealkylation sites (N-methyl/N-ethyl adjacent to an activating group) is 1. The lowest BCUT2D eigenvalue weighted by Gasteiger charge is -2.28. The molecular weight excluding hydrogens is 312 g/mol. The van der Waals surface area contributed by atoms with Gasteiger partial charge in [-0.25, -0.2) is 0 Å². The molecule has 0 fully saturated rings. The van der Waals surface area contributed by atoms with Crippen LogP contribution in [0, 0.1) is 10.1 Å². The lowest BCUT2D eigenvalue weighted by molar-refractivity contribution is -0.384. The summed E-state index contributed by atoms with van der Waals surface area (Å²) in [7, 11) is 1.94. The molecule has 0 atom stereocenters. The van der Waals surface area contributed by atoms with Crippen molar-refractivity contribution in [3.8, 4) is 5.75 Å². The number of non-ortho nitro benzene ring substituents is 1. The summed E-state index contributed by atoms with van der Waals surface area (Å²) in [5.74, 6) is 0.243. The van der Waals surface area contributed by atoms with Crippen molar-refractivity contribution >= 4 is 28.7 Å². The average Bonchev–Trinajstić information content (AvgIpc) is 2.55. The average molecular weight is 328 g/mol. The molecule has 0 aliphatic carbocycles. The number of rotatable bonds is 3. The minimum atomic E-state index is -0.568. The van der Waals surface area contributed by atoms with Crippen LogP contribution in [0.15, 0.2) is 36.4 Å². The lowest BCUT2D eigenvalue weighted by Crippen LogP contribution is -2.28. The molecule has 0 aromatic heterocycles. The Morgan fingerprint density at radius 1 is 1.33 bits per heavy atom. The predicted molar refractivity (Wildman–Crippen MR) is 90.7 cm³/mol. The zero-order valence-corrected chi connectivity index (χ0v) is 13.0. The van der Waals surface area contributed by atoms with Gasteiger partial charge in [-0.2, -0.15) is 0 Å². The minimum absolute atomic E-state index is 0.0616. The van der Waals surface area contributed by atoms with Crippen molar-refractivity contribution < 1.29 is 14.5 Å². The number of carbonyl (C=O) groups excluding carboxylic acids is 1. The molecular formula is C16H16N4O4. The molecule has 0 saturated heterocycles. The van der Waals surface area contributed by atoms with Gasteiger partial charge in [0, 0.05) is 30.6 Å². The zero-order valence-electron chi connectivity index (χ0n) is 13.0. The Bertz CT molecular complexity index is 822. The minimum Gasteiger partial charge on any atom is -0.490 e. The second-order valence-electron chi connectivity index (χ2n) is 5.44. The Balaban J connectivity index is 1.86. The molecule has 8 nitrogen and oxygen atoms in total. The van der Waals surface area contributed by atoms with Crippen molar-refractivity contribution in [2.75, 3.05) is 36.1 Å². The van der Waals surface area contributed by atoms with E-state index in [2.05, 4.69) is 5.32 Å². The highest BCUT2D eigenvalue weighted by atomic mass is 16.6. The highest BCUT2D eigenvalue weighted by Crippen LogP contribution is 2.33. The van der Waals surface area contributed by atoms with E-state index in [4.69, 9.17) is 10.5 Å². The van der Waals surface area contributed by atoms with E-state index in [-0.39, 0.29) is 16.9 Å². The number of fused-ring (bicyclic) bond motifs is 1. The fourth-order valence-corrected chi connectivity index (χ4v) is 2.48. The van der Waals surface area contributed by atoms with Crippen LogP contribution in [0.5, 0.6) is 5.75 Å². The van der Waals surface area contributed by atoms with Crippen molar-refractivity contribution in [3.63, 3.8) is 0 Å². The number of ether oxygens (including phenoxy) is 1. The Hall–Kier alpha value is -3.29. The van der Waals surface area contributed by atoms with E-state index in [0.717, 1.165) is 24.0 Å². The molecule has 3 rings (SSSR count).